The molecule has 4 nitrogen and oxygen atoms in total. The first-order valence-corrected chi connectivity index (χ1v) is 7.79. The number of carbonyl (C=O) groups is 1. The summed E-state index contributed by atoms with van der Waals surface area (Å²) in [6.07, 6.45) is 2.99. The van der Waals surface area contributed by atoms with E-state index in [-0.39, 0.29) is 5.91 Å². The van der Waals surface area contributed by atoms with Crippen molar-refractivity contribution >= 4 is 5.91 Å². The summed E-state index contributed by atoms with van der Waals surface area (Å²) in [6.45, 7) is 0.632. The minimum absolute atomic E-state index is 0.168. The SMILES string of the molecule is COc1cccc(OC)c1C(=O)NCCCCc1ccccc1. The molecular weight excluding hydrogens is 290 g/mol. The van der Waals surface area contributed by atoms with Crippen molar-refractivity contribution in [3.63, 3.8) is 0 Å². The zero-order valence-corrected chi connectivity index (χ0v) is 13.7. The molecule has 1 amide bonds. The van der Waals surface area contributed by atoms with Gasteiger partial charge in [0.15, 0.2) is 0 Å². The molecule has 0 aliphatic rings. The smallest absolute Gasteiger partial charge is 0.258 e. The lowest BCUT2D eigenvalue weighted by Gasteiger charge is -2.13. The van der Waals surface area contributed by atoms with Gasteiger partial charge in [0.05, 0.1) is 14.2 Å². The number of unbranched alkanes of at least 4 members (excludes halogenated alkanes) is 1. The molecule has 1 N–H and O–H groups in total. The number of ether oxygens (including phenoxy) is 2. The molecule has 0 radical (unpaired) electrons. The van der Waals surface area contributed by atoms with E-state index in [2.05, 4.69) is 17.4 Å². The van der Waals surface area contributed by atoms with E-state index < -0.39 is 0 Å². The first-order chi connectivity index (χ1) is 11.3. The van der Waals surface area contributed by atoms with Crippen LogP contribution >= 0.6 is 0 Å². The van der Waals surface area contributed by atoms with E-state index in [1.54, 1.807) is 32.4 Å². The molecule has 0 aliphatic carbocycles. The van der Waals surface area contributed by atoms with Crippen LogP contribution in [0.3, 0.4) is 0 Å². The number of hydrogen-bond acceptors (Lipinski definition) is 3. The molecule has 2 rings (SSSR count). The van der Waals surface area contributed by atoms with Crippen LogP contribution in [0.25, 0.3) is 0 Å². The summed E-state index contributed by atoms with van der Waals surface area (Å²) < 4.78 is 10.5. The van der Waals surface area contributed by atoms with Gasteiger partial charge >= 0.3 is 0 Å². The Hall–Kier alpha value is -2.49. The fraction of sp³-hybridized carbons (Fsp3) is 0.316. The van der Waals surface area contributed by atoms with Gasteiger partial charge in [-0.15, -0.1) is 0 Å². The zero-order chi connectivity index (χ0) is 16.5. The average Bonchev–Trinajstić information content (AvgIpc) is 2.61. The zero-order valence-electron chi connectivity index (χ0n) is 13.7. The molecule has 0 heterocycles. The van der Waals surface area contributed by atoms with Crippen LogP contribution in [0.2, 0.25) is 0 Å². The van der Waals surface area contributed by atoms with E-state index in [0.717, 1.165) is 19.3 Å². The largest absolute Gasteiger partial charge is 0.496 e. The molecule has 23 heavy (non-hydrogen) atoms. The van der Waals surface area contributed by atoms with E-state index >= 15 is 0 Å². The van der Waals surface area contributed by atoms with Crippen LogP contribution in [-0.2, 0) is 6.42 Å². The Morgan fingerprint density at radius 2 is 1.57 bits per heavy atom. The van der Waals surface area contributed by atoms with E-state index in [9.17, 15) is 4.79 Å². The number of hydrogen-bond donors (Lipinski definition) is 1. The second-order valence-corrected chi connectivity index (χ2v) is 5.24. The summed E-state index contributed by atoms with van der Waals surface area (Å²) in [4.78, 5) is 12.4. The molecule has 0 saturated heterocycles. The predicted molar refractivity (Wildman–Crippen MR) is 91.3 cm³/mol. The van der Waals surface area contributed by atoms with Crippen LogP contribution < -0.4 is 14.8 Å². The summed E-state index contributed by atoms with van der Waals surface area (Å²) in [6, 6.07) is 15.7. The van der Waals surface area contributed by atoms with Crippen LogP contribution in [0.1, 0.15) is 28.8 Å². The van der Waals surface area contributed by atoms with Crippen molar-refractivity contribution in [2.45, 2.75) is 19.3 Å². The molecule has 0 spiro atoms. The minimum atomic E-state index is -0.168. The highest BCUT2D eigenvalue weighted by Crippen LogP contribution is 2.27. The van der Waals surface area contributed by atoms with Gasteiger partial charge in [0.2, 0.25) is 0 Å². The van der Waals surface area contributed by atoms with E-state index in [1.165, 1.54) is 5.56 Å². The summed E-state index contributed by atoms with van der Waals surface area (Å²) >= 11 is 0. The average molecular weight is 313 g/mol. The lowest BCUT2D eigenvalue weighted by atomic mass is 10.1. The number of carbonyl (C=O) groups excluding carboxylic acids is 1. The van der Waals surface area contributed by atoms with Gasteiger partial charge in [-0.05, 0) is 37.0 Å². The Kier molecular flexibility index (Phi) is 6.48. The maximum absolute atomic E-state index is 12.4. The Balaban J connectivity index is 1.83. The highest BCUT2D eigenvalue weighted by atomic mass is 16.5. The molecule has 4 heteroatoms. The Morgan fingerprint density at radius 1 is 0.913 bits per heavy atom. The van der Waals surface area contributed by atoms with Crippen LogP contribution in [-0.4, -0.2) is 26.7 Å². The summed E-state index contributed by atoms with van der Waals surface area (Å²) in [5.74, 6) is 0.872. The van der Waals surface area contributed by atoms with Crippen molar-refractivity contribution in [3.05, 3.63) is 59.7 Å². The van der Waals surface area contributed by atoms with Crippen molar-refractivity contribution in [2.75, 3.05) is 20.8 Å². The van der Waals surface area contributed by atoms with Gasteiger partial charge in [-0.1, -0.05) is 36.4 Å². The van der Waals surface area contributed by atoms with Gasteiger partial charge < -0.3 is 14.8 Å². The maximum Gasteiger partial charge on any atom is 0.258 e. The summed E-state index contributed by atoms with van der Waals surface area (Å²) in [7, 11) is 3.09. The van der Waals surface area contributed by atoms with E-state index in [1.807, 2.05) is 18.2 Å². The van der Waals surface area contributed by atoms with E-state index in [0.29, 0.717) is 23.6 Å². The fourth-order valence-electron chi connectivity index (χ4n) is 2.46. The third-order valence-electron chi connectivity index (χ3n) is 3.68. The van der Waals surface area contributed by atoms with Crippen molar-refractivity contribution in [1.29, 1.82) is 0 Å². The first kappa shape index (κ1) is 16.9. The van der Waals surface area contributed by atoms with Crippen LogP contribution in [0.4, 0.5) is 0 Å². The topological polar surface area (TPSA) is 47.6 Å². The number of methoxy groups -OCH3 is 2. The normalized spacial score (nSPS) is 10.2. The molecule has 122 valence electrons. The van der Waals surface area contributed by atoms with Crippen LogP contribution in [0.15, 0.2) is 48.5 Å². The molecule has 2 aromatic carbocycles. The second-order valence-electron chi connectivity index (χ2n) is 5.24. The number of rotatable bonds is 8. The molecule has 0 unspecified atom stereocenters. The monoisotopic (exact) mass is 313 g/mol. The first-order valence-electron chi connectivity index (χ1n) is 7.79. The quantitative estimate of drug-likeness (QED) is 0.759. The molecular formula is C19H23NO3. The number of nitrogens with one attached hydrogen (secondary N) is 1. The van der Waals surface area contributed by atoms with Crippen molar-refractivity contribution < 1.29 is 14.3 Å². The van der Waals surface area contributed by atoms with Crippen molar-refractivity contribution in [2.24, 2.45) is 0 Å². The molecule has 0 bridgehead atoms. The molecule has 0 atom stereocenters. The van der Waals surface area contributed by atoms with Crippen molar-refractivity contribution in [3.8, 4) is 11.5 Å². The minimum Gasteiger partial charge on any atom is -0.496 e. The lowest BCUT2D eigenvalue weighted by molar-refractivity contribution is 0.0947. The Bertz CT molecular complexity index is 604. The van der Waals surface area contributed by atoms with E-state index in [4.69, 9.17) is 9.47 Å². The third kappa shape index (κ3) is 4.74. The Morgan fingerprint density at radius 3 is 2.17 bits per heavy atom. The molecule has 0 aliphatic heterocycles. The summed E-state index contributed by atoms with van der Waals surface area (Å²) in [5.41, 5.74) is 1.77. The second kappa shape index (κ2) is 8.83. The highest BCUT2D eigenvalue weighted by Gasteiger charge is 2.17. The molecule has 0 aromatic heterocycles. The van der Waals surface area contributed by atoms with Gasteiger partial charge in [0.1, 0.15) is 17.1 Å². The van der Waals surface area contributed by atoms with Crippen LogP contribution in [0.5, 0.6) is 11.5 Å². The highest BCUT2D eigenvalue weighted by molar-refractivity contribution is 5.99. The number of benzene rings is 2. The van der Waals surface area contributed by atoms with Gasteiger partial charge in [-0.3, -0.25) is 4.79 Å². The van der Waals surface area contributed by atoms with Gasteiger partial charge in [0.25, 0.3) is 5.91 Å². The molecule has 0 fully saturated rings. The third-order valence-corrected chi connectivity index (χ3v) is 3.68. The summed E-state index contributed by atoms with van der Waals surface area (Å²) in [5, 5.41) is 2.94. The lowest BCUT2D eigenvalue weighted by Crippen LogP contribution is -2.25. The maximum atomic E-state index is 12.4. The van der Waals surface area contributed by atoms with Crippen LogP contribution in [0, 0.1) is 0 Å². The number of amides is 1. The van der Waals surface area contributed by atoms with Gasteiger partial charge in [-0.2, -0.15) is 0 Å². The molecule has 0 saturated carbocycles. The predicted octanol–water partition coefficient (Wildman–Crippen LogP) is 3.46. The number of aryl methyl sites for hydroxylation is 1. The van der Waals surface area contributed by atoms with Gasteiger partial charge in [-0.25, -0.2) is 0 Å². The Labute approximate surface area is 137 Å². The van der Waals surface area contributed by atoms with Crippen molar-refractivity contribution in [1.82, 2.24) is 5.32 Å². The molecule has 2 aromatic rings. The van der Waals surface area contributed by atoms with Gasteiger partial charge in [0, 0.05) is 6.54 Å². The fourth-order valence-corrected chi connectivity index (χ4v) is 2.46. The standard InChI is InChI=1S/C19H23NO3/c1-22-16-12-8-13-17(23-2)18(16)19(21)20-14-7-6-11-15-9-4-3-5-10-15/h3-5,8-10,12-13H,6-7,11,14H2,1-2H3,(H,20,21).